The number of nitrogens with zero attached hydrogens (tertiary/aromatic N) is 2. The number of anilines is 3. The van der Waals surface area contributed by atoms with Crippen molar-refractivity contribution in [1.29, 1.82) is 0 Å². The summed E-state index contributed by atoms with van der Waals surface area (Å²) in [6.07, 6.45) is 2.10. The Hall–Kier alpha value is -2.31. The second-order valence-electron chi connectivity index (χ2n) is 5.32. The van der Waals surface area contributed by atoms with Crippen molar-refractivity contribution in [2.75, 3.05) is 16.8 Å². The number of fused-ring (bicyclic) bond motifs is 2. The fourth-order valence-electron chi connectivity index (χ4n) is 2.70. The molecule has 0 bridgehead atoms. The molecule has 1 aliphatic heterocycles. The Morgan fingerprint density at radius 1 is 1.04 bits per heavy atom. The van der Waals surface area contributed by atoms with Crippen LogP contribution in [0.4, 0.5) is 16.5 Å². The van der Waals surface area contributed by atoms with Crippen LogP contribution in [0.15, 0.2) is 69.9 Å². The molecule has 0 fully saturated rings. The van der Waals surface area contributed by atoms with Crippen molar-refractivity contribution in [3.63, 3.8) is 0 Å². The molecule has 2 aromatic carbocycles. The highest BCUT2D eigenvalue weighted by Crippen LogP contribution is 2.47. The van der Waals surface area contributed by atoms with Crippen LogP contribution in [-0.4, -0.2) is 17.4 Å². The van der Waals surface area contributed by atoms with Crippen LogP contribution in [0, 0.1) is 0 Å². The molecule has 1 aromatic heterocycles. The van der Waals surface area contributed by atoms with Crippen LogP contribution in [0.2, 0.25) is 0 Å². The number of para-hydroxylation sites is 2. The maximum absolute atomic E-state index is 12.2. The van der Waals surface area contributed by atoms with Gasteiger partial charge >= 0.3 is 0 Å². The van der Waals surface area contributed by atoms with Gasteiger partial charge in [-0.2, -0.15) is 0 Å². The molecule has 0 aliphatic carbocycles. The molecule has 0 saturated heterocycles. The number of amides is 1. The predicted octanol–water partition coefficient (Wildman–Crippen LogP) is 4.77. The quantitative estimate of drug-likeness (QED) is 0.733. The van der Waals surface area contributed by atoms with Crippen molar-refractivity contribution in [3.8, 4) is 0 Å². The lowest BCUT2D eigenvalue weighted by Gasteiger charge is -2.32. The first-order valence-electron chi connectivity index (χ1n) is 7.64. The maximum Gasteiger partial charge on any atom is 0.227 e. The number of rotatable bonds is 4. The number of hydrogen-bond donors (Lipinski definition) is 1. The number of nitrogens with one attached hydrogen (secondary N) is 1. The van der Waals surface area contributed by atoms with Gasteiger partial charge in [0.15, 0.2) is 5.13 Å². The van der Waals surface area contributed by atoms with E-state index in [1.165, 1.54) is 21.1 Å². The van der Waals surface area contributed by atoms with Gasteiger partial charge in [-0.05, 0) is 24.3 Å². The second-order valence-corrected chi connectivity index (χ2v) is 7.30. The Morgan fingerprint density at radius 3 is 2.33 bits per heavy atom. The van der Waals surface area contributed by atoms with Crippen LogP contribution in [0.5, 0.6) is 0 Å². The van der Waals surface area contributed by atoms with E-state index in [1.54, 1.807) is 18.0 Å². The minimum Gasteiger partial charge on any atom is -0.339 e. The lowest BCUT2D eigenvalue weighted by molar-refractivity contribution is -0.116. The molecule has 4 nitrogen and oxygen atoms in total. The Bertz CT molecular complexity index is 819. The molecule has 120 valence electrons. The van der Waals surface area contributed by atoms with Crippen molar-refractivity contribution < 1.29 is 4.79 Å². The third-order valence-electron chi connectivity index (χ3n) is 3.77. The van der Waals surface area contributed by atoms with Gasteiger partial charge in [-0.3, -0.25) is 4.79 Å². The molecule has 4 rings (SSSR count). The highest BCUT2D eigenvalue weighted by Gasteiger charge is 2.23. The summed E-state index contributed by atoms with van der Waals surface area (Å²) in [6, 6.07) is 16.6. The number of thiazole rings is 1. The molecule has 0 saturated carbocycles. The zero-order valence-corrected chi connectivity index (χ0v) is 14.4. The average Bonchev–Trinajstić information content (AvgIpc) is 3.11. The first-order valence-corrected chi connectivity index (χ1v) is 9.34. The van der Waals surface area contributed by atoms with E-state index in [4.69, 9.17) is 0 Å². The summed E-state index contributed by atoms with van der Waals surface area (Å²) in [6.45, 7) is 0.631. The molecule has 0 unspecified atom stereocenters. The minimum atomic E-state index is -0.0156. The van der Waals surface area contributed by atoms with Crippen molar-refractivity contribution in [2.45, 2.75) is 16.2 Å². The van der Waals surface area contributed by atoms with Crippen molar-refractivity contribution >= 4 is 45.5 Å². The van der Waals surface area contributed by atoms with Crippen molar-refractivity contribution in [2.24, 2.45) is 0 Å². The SMILES string of the molecule is O=C(CCN1c2ccccc2Sc2ccccc21)Nc1nccs1. The molecule has 6 heteroatoms. The van der Waals surface area contributed by atoms with Crippen LogP contribution in [0.25, 0.3) is 0 Å². The summed E-state index contributed by atoms with van der Waals surface area (Å²) < 4.78 is 0. The summed E-state index contributed by atoms with van der Waals surface area (Å²) >= 11 is 3.20. The molecule has 24 heavy (non-hydrogen) atoms. The van der Waals surface area contributed by atoms with E-state index < -0.39 is 0 Å². The molecule has 0 radical (unpaired) electrons. The smallest absolute Gasteiger partial charge is 0.227 e. The fourth-order valence-corrected chi connectivity index (χ4v) is 4.34. The highest BCUT2D eigenvalue weighted by atomic mass is 32.2. The summed E-state index contributed by atoms with van der Waals surface area (Å²) in [5.74, 6) is -0.0156. The number of benzene rings is 2. The van der Waals surface area contributed by atoms with Gasteiger partial charge in [0.05, 0.1) is 11.4 Å². The Balaban J connectivity index is 1.55. The highest BCUT2D eigenvalue weighted by molar-refractivity contribution is 7.99. The molecule has 0 atom stereocenters. The largest absolute Gasteiger partial charge is 0.339 e. The van der Waals surface area contributed by atoms with E-state index in [1.807, 2.05) is 29.6 Å². The maximum atomic E-state index is 12.2. The van der Waals surface area contributed by atoms with E-state index in [2.05, 4.69) is 39.5 Å². The predicted molar refractivity (Wildman–Crippen MR) is 99.4 cm³/mol. The molecule has 3 aromatic rings. The van der Waals surface area contributed by atoms with Gasteiger partial charge in [0.2, 0.25) is 5.91 Å². The van der Waals surface area contributed by atoms with Gasteiger partial charge in [0.1, 0.15) is 0 Å². The minimum absolute atomic E-state index is 0.0156. The number of aromatic nitrogens is 1. The monoisotopic (exact) mass is 353 g/mol. The van der Waals surface area contributed by atoms with Gasteiger partial charge < -0.3 is 10.2 Å². The molecular formula is C18H15N3OS2. The topological polar surface area (TPSA) is 45.2 Å². The molecule has 1 aliphatic rings. The first-order chi connectivity index (χ1) is 11.8. The molecule has 1 N–H and O–H groups in total. The summed E-state index contributed by atoms with van der Waals surface area (Å²) in [5, 5.41) is 5.35. The Labute approximate surface area is 148 Å². The van der Waals surface area contributed by atoms with E-state index >= 15 is 0 Å². The molecule has 1 amide bonds. The fraction of sp³-hybridized carbons (Fsp3) is 0.111. The van der Waals surface area contributed by atoms with Crippen LogP contribution >= 0.6 is 23.1 Å². The van der Waals surface area contributed by atoms with E-state index in [0.717, 1.165) is 11.4 Å². The normalized spacial score (nSPS) is 12.4. The molecule has 0 spiro atoms. The summed E-state index contributed by atoms with van der Waals surface area (Å²) in [4.78, 5) is 21.0. The van der Waals surface area contributed by atoms with Gasteiger partial charge in [0.25, 0.3) is 0 Å². The zero-order valence-electron chi connectivity index (χ0n) is 12.8. The van der Waals surface area contributed by atoms with Crippen molar-refractivity contribution in [3.05, 3.63) is 60.1 Å². The zero-order chi connectivity index (χ0) is 16.4. The second kappa shape index (κ2) is 6.67. The van der Waals surface area contributed by atoms with Crippen LogP contribution < -0.4 is 10.2 Å². The van der Waals surface area contributed by atoms with E-state index in [-0.39, 0.29) is 5.91 Å². The van der Waals surface area contributed by atoms with E-state index in [0.29, 0.717) is 18.1 Å². The standard InChI is InChI=1S/C18H15N3OS2/c22-17(20-18-19-10-12-23-18)9-11-21-13-5-1-3-7-15(13)24-16-8-4-2-6-14(16)21/h1-8,10,12H,9,11H2,(H,19,20,22). The summed E-state index contributed by atoms with van der Waals surface area (Å²) in [7, 11) is 0. The van der Waals surface area contributed by atoms with Gasteiger partial charge in [0, 0.05) is 34.3 Å². The lowest BCUT2D eigenvalue weighted by Crippen LogP contribution is -2.25. The average molecular weight is 353 g/mol. The Morgan fingerprint density at radius 2 is 1.71 bits per heavy atom. The third-order valence-corrected chi connectivity index (χ3v) is 5.59. The Kier molecular flexibility index (Phi) is 4.23. The van der Waals surface area contributed by atoms with Crippen LogP contribution in [-0.2, 0) is 4.79 Å². The van der Waals surface area contributed by atoms with Gasteiger partial charge in [-0.1, -0.05) is 36.0 Å². The lowest BCUT2D eigenvalue weighted by atomic mass is 10.2. The number of carbonyl (C=O) groups is 1. The third kappa shape index (κ3) is 3.02. The van der Waals surface area contributed by atoms with Crippen LogP contribution in [0.3, 0.4) is 0 Å². The summed E-state index contributed by atoms with van der Waals surface area (Å²) in [5.41, 5.74) is 2.31. The molecule has 2 heterocycles. The number of carbonyl (C=O) groups excluding carboxylic acids is 1. The first kappa shape index (κ1) is 15.2. The van der Waals surface area contributed by atoms with E-state index in [9.17, 15) is 4.79 Å². The van der Waals surface area contributed by atoms with Crippen LogP contribution in [0.1, 0.15) is 6.42 Å². The van der Waals surface area contributed by atoms with Crippen molar-refractivity contribution in [1.82, 2.24) is 4.98 Å². The van der Waals surface area contributed by atoms with Gasteiger partial charge in [-0.25, -0.2) is 4.98 Å². The van der Waals surface area contributed by atoms with Gasteiger partial charge in [-0.15, -0.1) is 11.3 Å². The number of hydrogen-bond acceptors (Lipinski definition) is 5. The molecular weight excluding hydrogens is 338 g/mol.